The fourth-order valence-corrected chi connectivity index (χ4v) is 17.5. The standard InChI is InChI=1S/C18H23NO6.C18H15P.C16H23NO4.C15H20INO4.C3H4O3.2CH4.HI/c1-17-12(9-6-10-13(20)24-2)15(22)19-18(17,16(23)25-17)14(21)11-7-4-3-5-8-11;1-4-10-16(11-5-1)19(17-12-6-2-7-13-17)18-14-8-3-9-15-18;1-3-7-11-13(19)17-16(14(20)21-15(11,16)2)12(18)10-8-5-4-6-9-10;1-14-10(7-8-16)12(19)17-15(14,13(20)21-14)11(18)9-5-3-2-4-6-9;1-6-3(5)2-4;;;/h4,6-7,10-12,14,21H,3,5,8-9H2,1-2H3,(H,19,22);1-15H;5,8,10-12,18H,3-4,6-7,9H2,1-2H3,(H,17,19);3,5,9-11,18H,2,4,6-8H2,1H3,(H,17,19);2H,1H3;2*1H4;1H/p-1/b10-6+;;;;;;;/t11-,12+,14+,17+,18+;;10-,11+,12+,15+,16+;9-,10+,11+,14+,15+;;;;/m1.11..../s1. The van der Waals surface area contributed by atoms with Gasteiger partial charge in [0.1, 0.15) is 0 Å². The quantitative estimate of drug-likeness (QED) is 0.0126. The second-order valence-electron chi connectivity index (χ2n) is 24.9. The number of halogens is 2. The zero-order chi connectivity index (χ0) is 66.7. The summed E-state index contributed by atoms with van der Waals surface area (Å²) in [5.74, 6) is -5.52. The number of aliphatic hydroxyl groups is 3. The van der Waals surface area contributed by atoms with Crippen LogP contribution in [0, 0.1) is 35.5 Å². The summed E-state index contributed by atoms with van der Waals surface area (Å²) in [6.07, 6.45) is 22.5. The molecule has 9 aliphatic rings. The molecule has 6 N–H and O–H groups in total. The SMILES string of the molecule is C.C.CCC[C@H]1C(=O)N[C@@]2([C@@H](O)[C@@H]3C=CCCC3)C(=O)O[C@@]12C.COC(=O)/C=C/C[C@H]1C(=O)N[C@@]2([C@@H](O)[C@@H]3C=CCCC3)C(=O)O[C@@]12C.COC(=O)C=O.C[C@@]12OC(=O)[C@]1([C@@H](O)[C@@H]1C=CCCC1)NC(=O)[C@@H]2CCI.[I-].c1ccc(P(c2ccccc2)c2ccccc2)cc1. The van der Waals surface area contributed by atoms with Crippen LogP contribution in [0.1, 0.15) is 126 Å². The number of amides is 3. The van der Waals surface area contributed by atoms with E-state index in [1.54, 1.807) is 20.8 Å². The van der Waals surface area contributed by atoms with E-state index < -0.39 is 95.4 Å². The van der Waals surface area contributed by atoms with Gasteiger partial charge in [0.15, 0.2) is 16.8 Å². The Labute approximate surface area is 589 Å². The summed E-state index contributed by atoms with van der Waals surface area (Å²) in [5, 5.41) is 45.1. The van der Waals surface area contributed by atoms with E-state index >= 15 is 0 Å². The average molecular weight is 1560 g/mol. The molecule has 0 radical (unpaired) electrons. The molecule has 3 aliphatic carbocycles. The molecular formula is C72H93I2N3O17P-. The molecule has 0 aromatic heterocycles. The molecule has 95 heavy (non-hydrogen) atoms. The molecule has 3 aromatic rings. The van der Waals surface area contributed by atoms with Gasteiger partial charge in [0.25, 0.3) is 0 Å². The van der Waals surface area contributed by atoms with Gasteiger partial charge in [-0.05, 0) is 122 Å². The lowest BCUT2D eigenvalue weighted by atomic mass is 9.64. The van der Waals surface area contributed by atoms with Crippen LogP contribution >= 0.6 is 30.5 Å². The number of hydrogen-bond acceptors (Lipinski definition) is 17. The van der Waals surface area contributed by atoms with Gasteiger partial charge in [0.05, 0.1) is 50.3 Å². The summed E-state index contributed by atoms with van der Waals surface area (Å²) in [6.45, 7) is 7.22. The van der Waals surface area contributed by atoms with Crippen LogP contribution < -0.4 is 55.8 Å². The molecule has 6 saturated heterocycles. The number of aldehydes is 1. The average Bonchev–Trinajstić information content (AvgIpc) is 1.58. The zero-order valence-corrected chi connectivity index (χ0v) is 58.4. The number of rotatable bonds is 17. The molecule has 0 saturated carbocycles. The van der Waals surface area contributed by atoms with Crippen LogP contribution in [-0.4, -0.2) is 140 Å². The third kappa shape index (κ3) is 15.1. The number of methoxy groups -OCH3 is 2. The van der Waals surface area contributed by atoms with Gasteiger partial charge in [0.2, 0.25) is 40.6 Å². The Hall–Kier alpha value is -6.18. The maximum atomic E-state index is 12.5. The van der Waals surface area contributed by atoms with Gasteiger partial charge >= 0.3 is 29.8 Å². The second kappa shape index (κ2) is 34.4. The number of fused-ring (bicyclic) bond motifs is 3. The van der Waals surface area contributed by atoms with Crippen LogP contribution in [0.15, 0.2) is 140 Å². The first-order valence-electron chi connectivity index (χ1n) is 31.6. The lowest BCUT2D eigenvalue weighted by Crippen LogP contribution is -3.00. The Morgan fingerprint density at radius 2 is 0.895 bits per heavy atom. The smallest absolute Gasteiger partial charge is 0.371 e. The van der Waals surface area contributed by atoms with E-state index in [0.717, 1.165) is 75.7 Å². The lowest BCUT2D eigenvalue weighted by Gasteiger charge is -2.54. The Kier molecular flexibility index (Phi) is 28.7. The monoisotopic (exact) mass is 1560 g/mol. The first kappa shape index (κ1) is 79.5. The number of nitrogens with one attached hydrogen (secondary N) is 3. The maximum Gasteiger partial charge on any atom is 0.371 e. The number of aliphatic hydroxyl groups excluding tert-OH is 3. The van der Waals surface area contributed by atoms with E-state index in [0.29, 0.717) is 12.8 Å². The number of ether oxygens (including phenoxy) is 5. The van der Waals surface area contributed by atoms with Gasteiger partial charge < -0.3 is 78.9 Å². The topological polar surface area (TPSA) is 297 Å². The van der Waals surface area contributed by atoms with Crippen LogP contribution in [-0.2, 0) is 66.8 Å². The maximum absolute atomic E-state index is 12.5. The Morgan fingerprint density at radius 1 is 0.568 bits per heavy atom. The molecule has 12 rings (SSSR count). The normalized spacial score (nSPS) is 31.4. The fourth-order valence-electron chi connectivity index (χ4n) is 14.6. The molecule has 23 heteroatoms. The predicted molar refractivity (Wildman–Crippen MR) is 365 cm³/mol. The molecule has 0 unspecified atom stereocenters. The Balaban J connectivity index is 0.000000221. The van der Waals surface area contributed by atoms with Crippen molar-refractivity contribution in [2.24, 2.45) is 35.5 Å². The van der Waals surface area contributed by atoms with Crippen molar-refractivity contribution in [2.45, 2.75) is 178 Å². The molecule has 6 fully saturated rings. The molecule has 15 atom stereocenters. The third-order valence-electron chi connectivity index (χ3n) is 19.7. The third-order valence-corrected chi connectivity index (χ3v) is 22.8. The summed E-state index contributed by atoms with van der Waals surface area (Å²) in [6, 6.07) is 32.3. The second-order valence-corrected chi connectivity index (χ2v) is 28.2. The number of carbonyl (C=O) groups is 9. The van der Waals surface area contributed by atoms with Crippen molar-refractivity contribution in [1.29, 1.82) is 0 Å². The van der Waals surface area contributed by atoms with Crippen LogP contribution in [0.4, 0.5) is 0 Å². The number of hydrogen-bond donors (Lipinski definition) is 6. The molecule has 0 spiro atoms. The number of esters is 5. The molecule has 3 amide bonds. The lowest BCUT2D eigenvalue weighted by molar-refractivity contribution is -0.239. The predicted octanol–water partition coefficient (Wildman–Crippen LogP) is 4.34. The van der Waals surface area contributed by atoms with Crippen molar-refractivity contribution in [3.8, 4) is 0 Å². The summed E-state index contributed by atoms with van der Waals surface area (Å²) in [5.41, 5.74) is -6.98. The first-order valence-corrected chi connectivity index (χ1v) is 34.4. The molecule has 0 bridgehead atoms. The van der Waals surface area contributed by atoms with Crippen molar-refractivity contribution in [2.75, 3.05) is 18.6 Å². The Morgan fingerprint density at radius 3 is 1.17 bits per heavy atom. The van der Waals surface area contributed by atoms with Crippen molar-refractivity contribution >= 4 is 100 Å². The van der Waals surface area contributed by atoms with E-state index in [1.807, 2.05) is 43.4 Å². The number of benzene rings is 3. The van der Waals surface area contributed by atoms with Gasteiger partial charge in [-0.15, -0.1) is 0 Å². The highest BCUT2D eigenvalue weighted by molar-refractivity contribution is 14.1. The minimum atomic E-state index is -1.43. The van der Waals surface area contributed by atoms with Gasteiger partial charge in [-0.1, -0.05) is 184 Å². The van der Waals surface area contributed by atoms with E-state index in [-0.39, 0.29) is 98.8 Å². The van der Waals surface area contributed by atoms with Crippen LogP contribution in [0.25, 0.3) is 0 Å². The largest absolute Gasteiger partial charge is 1.00 e. The summed E-state index contributed by atoms with van der Waals surface area (Å²) >= 11 is 2.21. The van der Waals surface area contributed by atoms with Crippen LogP contribution in [0.3, 0.4) is 0 Å². The number of allylic oxidation sites excluding steroid dienone is 4. The highest BCUT2D eigenvalue weighted by atomic mass is 127. The van der Waals surface area contributed by atoms with Crippen LogP contribution in [0.5, 0.6) is 0 Å². The molecule has 6 heterocycles. The summed E-state index contributed by atoms with van der Waals surface area (Å²) in [4.78, 5) is 104. The van der Waals surface area contributed by atoms with E-state index in [9.17, 15) is 58.5 Å². The Bertz CT molecular complexity index is 3120. The van der Waals surface area contributed by atoms with E-state index in [4.69, 9.17) is 14.2 Å². The van der Waals surface area contributed by atoms with Gasteiger partial charge in [-0.25, -0.2) is 24.0 Å². The summed E-state index contributed by atoms with van der Waals surface area (Å²) in [7, 11) is 1.97. The molecule has 20 nitrogen and oxygen atoms in total. The highest BCUT2D eigenvalue weighted by Crippen LogP contribution is 2.56. The van der Waals surface area contributed by atoms with Gasteiger partial charge in [0, 0.05) is 28.3 Å². The molecule has 6 aliphatic heterocycles. The fraction of sp³-hybridized carbons (Fsp3) is 0.514. The minimum absolute atomic E-state index is 0. The van der Waals surface area contributed by atoms with Crippen molar-refractivity contribution in [3.63, 3.8) is 0 Å². The molecule has 518 valence electrons. The number of carbonyl (C=O) groups excluding carboxylic acids is 9. The highest BCUT2D eigenvalue weighted by Gasteiger charge is 2.81. The van der Waals surface area contributed by atoms with Gasteiger partial charge in [-0.2, -0.15) is 0 Å². The van der Waals surface area contributed by atoms with Gasteiger partial charge in [-0.3, -0.25) is 19.2 Å². The van der Waals surface area contributed by atoms with Crippen molar-refractivity contribution in [1.82, 2.24) is 16.0 Å². The molecule has 3 aromatic carbocycles. The molecular weight excluding hydrogens is 1460 g/mol. The van der Waals surface area contributed by atoms with E-state index in [1.165, 1.54) is 35.2 Å². The minimum Gasteiger partial charge on any atom is -1.00 e. The first-order chi connectivity index (χ1) is 44.1. The van der Waals surface area contributed by atoms with Crippen molar-refractivity contribution in [3.05, 3.63) is 140 Å². The number of alkyl halides is 1. The zero-order valence-electron chi connectivity index (χ0n) is 53.2. The summed E-state index contributed by atoms with van der Waals surface area (Å²) < 4.78 is 25.4. The van der Waals surface area contributed by atoms with Crippen molar-refractivity contribution < 1.29 is 106 Å². The van der Waals surface area contributed by atoms with Crippen LogP contribution in [0.2, 0.25) is 0 Å². The van der Waals surface area contributed by atoms with E-state index in [2.05, 4.69) is 139 Å².